The third kappa shape index (κ3) is 5.07. The van der Waals surface area contributed by atoms with Gasteiger partial charge in [0.25, 0.3) is 0 Å². The minimum absolute atomic E-state index is 0.0478. The number of nitrogens with one attached hydrogen (secondary N) is 1. The standard InChI is InChI=1S/C27H28N2O5S/c1-15-11-18-12-21(33-3)22(34-4)13-19(18)26(29-20(15)14-25(30)28-2)17-7-5-16(6-8-17)23-9-10-24(35-23)27(31)32/h5-10,12-13,15,20H,11,14H2,1-4H3,(H,28,30)(H,31,32). The fourth-order valence-electron chi connectivity index (χ4n) is 4.33. The molecule has 0 saturated carbocycles. The summed E-state index contributed by atoms with van der Waals surface area (Å²) < 4.78 is 11.1. The molecule has 0 aliphatic carbocycles. The van der Waals surface area contributed by atoms with Crippen molar-refractivity contribution in [2.75, 3.05) is 21.3 Å². The maximum Gasteiger partial charge on any atom is 0.345 e. The fourth-order valence-corrected chi connectivity index (χ4v) is 5.18. The predicted octanol–water partition coefficient (Wildman–Crippen LogP) is 4.66. The minimum Gasteiger partial charge on any atom is -0.493 e. The summed E-state index contributed by atoms with van der Waals surface area (Å²) in [6, 6.07) is 15.1. The molecule has 1 amide bonds. The first kappa shape index (κ1) is 24.5. The third-order valence-corrected chi connectivity index (χ3v) is 7.41. The lowest BCUT2D eigenvalue weighted by atomic mass is 9.90. The second kappa shape index (κ2) is 10.3. The van der Waals surface area contributed by atoms with Crippen LogP contribution in [0.4, 0.5) is 0 Å². The van der Waals surface area contributed by atoms with Gasteiger partial charge in [-0.3, -0.25) is 9.79 Å². The second-order valence-corrected chi connectivity index (χ2v) is 9.60. The van der Waals surface area contributed by atoms with E-state index in [2.05, 4.69) is 12.2 Å². The van der Waals surface area contributed by atoms with E-state index in [1.807, 2.05) is 42.5 Å². The van der Waals surface area contributed by atoms with Crippen LogP contribution in [0.2, 0.25) is 0 Å². The topological polar surface area (TPSA) is 97.2 Å². The lowest BCUT2D eigenvalue weighted by Crippen LogP contribution is -2.27. The van der Waals surface area contributed by atoms with E-state index in [4.69, 9.17) is 14.5 Å². The third-order valence-electron chi connectivity index (χ3n) is 6.29. The Kier molecular flexibility index (Phi) is 7.21. The van der Waals surface area contributed by atoms with E-state index in [1.54, 1.807) is 27.3 Å². The van der Waals surface area contributed by atoms with Gasteiger partial charge in [0.15, 0.2) is 11.5 Å². The summed E-state index contributed by atoms with van der Waals surface area (Å²) in [6.45, 7) is 2.11. The highest BCUT2D eigenvalue weighted by atomic mass is 32.1. The Bertz CT molecular complexity index is 1280. The number of benzene rings is 2. The summed E-state index contributed by atoms with van der Waals surface area (Å²) in [4.78, 5) is 29.8. The highest BCUT2D eigenvalue weighted by molar-refractivity contribution is 7.17. The number of methoxy groups -OCH3 is 2. The van der Waals surface area contributed by atoms with Crippen molar-refractivity contribution >= 4 is 28.9 Å². The Morgan fingerprint density at radius 3 is 2.31 bits per heavy atom. The number of nitrogens with zero attached hydrogens (tertiary/aromatic N) is 1. The van der Waals surface area contributed by atoms with E-state index >= 15 is 0 Å². The molecular weight excluding hydrogens is 464 g/mol. The molecule has 2 heterocycles. The maximum atomic E-state index is 12.2. The SMILES string of the molecule is CNC(=O)CC1N=C(c2ccc(-c3ccc(C(=O)O)s3)cc2)c2cc(OC)c(OC)cc2CC1C. The molecule has 7 nitrogen and oxygen atoms in total. The van der Waals surface area contributed by atoms with Gasteiger partial charge < -0.3 is 19.9 Å². The molecule has 1 aliphatic heterocycles. The van der Waals surface area contributed by atoms with Gasteiger partial charge in [-0.15, -0.1) is 11.3 Å². The zero-order valence-electron chi connectivity index (χ0n) is 20.1. The van der Waals surface area contributed by atoms with Gasteiger partial charge in [-0.2, -0.15) is 0 Å². The molecule has 8 heteroatoms. The van der Waals surface area contributed by atoms with Crippen LogP contribution < -0.4 is 14.8 Å². The Hall–Kier alpha value is -3.65. The van der Waals surface area contributed by atoms with Gasteiger partial charge >= 0.3 is 5.97 Å². The molecule has 0 spiro atoms. The molecule has 1 aromatic heterocycles. The van der Waals surface area contributed by atoms with Crippen molar-refractivity contribution < 1.29 is 24.2 Å². The highest BCUT2D eigenvalue weighted by Crippen LogP contribution is 2.36. The van der Waals surface area contributed by atoms with Crippen LogP contribution in [0.15, 0.2) is 53.5 Å². The van der Waals surface area contributed by atoms with E-state index in [9.17, 15) is 14.7 Å². The normalized spacial score (nSPS) is 17.1. The lowest BCUT2D eigenvalue weighted by molar-refractivity contribution is -0.121. The number of carboxylic acid groups (broad SMARTS) is 1. The number of carboxylic acids is 1. The molecule has 0 radical (unpaired) electrons. The van der Waals surface area contributed by atoms with Gasteiger partial charge in [0.2, 0.25) is 5.91 Å². The van der Waals surface area contributed by atoms with Gasteiger partial charge in [-0.25, -0.2) is 4.79 Å². The van der Waals surface area contributed by atoms with Gasteiger partial charge in [0.05, 0.1) is 26.0 Å². The monoisotopic (exact) mass is 492 g/mol. The average Bonchev–Trinajstić information content (AvgIpc) is 3.32. The van der Waals surface area contributed by atoms with Crippen molar-refractivity contribution in [3.63, 3.8) is 0 Å². The minimum atomic E-state index is -0.928. The molecule has 2 N–H and O–H groups in total. The molecule has 2 atom stereocenters. The number of thiophene rings is 1. The van der Waals surface area contributed by atoms with Crippen LogP contribution in [0.25, 0.3) is 10.4 Å². The molecule has 182 valence electrons. The van der Waals surface area contributed by atoms with Crippen molar-refractivity contribution in [1.82, 2.24) is 5.32 Å². The molecule has 4 rings (SSSR count). The molecule has 0 fully saturated rings. The van der Waals surface area contributed by atoms with E-state index in [1.165, 1.54) is 11.3 Å². The summed E-state index contributed by atoms with van der Waals surface area (Å²) >= 11 is 1.24. The zero-order valence-corrected chi connectivity index (χ0v) is 20.9. The van der Waals surface area contributed by atoms with Crippen molar-refractivity contribution in [2.45, 2.75) is 25.8 Å². The molecule has 35 heavy (non-hydrogen) atoms. The fraction of sp³-hybridized carbons (Fsp3) is 0.296. The molecule has 0 bridgehead atoms. The first-order chi connectivity index (χ1) is 16.8. The van der Waals surface area contributed by atoms with E-state index in [-0.39, 0.29) is 17.9 Å². The van der Waals surface area contributed by atoms with Crippen LogP contribution in [0.1, 0.15) is 39.7 Å². The quantitative estimate of drug-likeness (QED) is 0.500. The number of rotatable bonds is 7. The van der Waals surface area contributed by atoms with Gasteiger partial charge in [0, 0.05) is 29.5 Å². The van der Waals surface area contributed by atoms with Crippen LogP contribution in [-0.4, -0.2) is 50.0 Å². The molecule has 0 saturated heterocycles. The zero-order chi connectivity index (χ0) is 25.1. The molecule has 2 aromatic carbocycles. The smallest absolute Gasteiger partial charge is 0.345 e. The van der Waals surface area contributed by atoms with Gasteiger partial charge in [-0.1, -0.05) is 31.2 Å². The van der Waals surface area contributed by atoms with E-state index < -0.39 is 5.97 Å². The largest absolute Gasteiger partial charge is 0.493 e. The maximum absolute atomic E-state index is 12.2. The number of hydrogen-bond donors (Lipinski definition) is 2. The molecule has 1 aliphatic rings. The van der Waals surface area contributed by atoms with Crippen LogP contribution in [-0.2, 0) is 11.2 Å². The number of carbonyl (C=O) groups excluding carboxylic acids is 1. The van der Waals surface area contributed by atoms with Crippen LogP contribution in [0.5, 0.6) is 11.5 Å². The second-order valence-electron chi connectivity index (χ2n) is 8.51. The summed E-state index contributed by atoms with van der Waals surface area (Å²) in [5, 5.41) is 11.9. The van der Waals surface area contributed by atoms with E-state index in [0.717, 1.165) is 39.3 Å². The van der Waals surface area contributed by atoms with Gasteiger partial charge in [-0.05, 0) is 47.7 Å². The number of ether oxygens (including phenoxy) is 2. The van der Waals surface area contributed by atoms with Gasteiger partial charge in [0.1, 0.15) is 4.88 Å². The number of aromatic carboxylic acids is 1. The summed E-state index contributed by atoms with van der Waals surface area (Å²) in [5.41, 5.74) is 4.67. The van der Waals surface area contributed by atoms with Crippen LogP contribution in [0.3, 0.4) is 0 Å². The average molecular weight is 493 g/mol. The lowest BCUT2D eigenvalue weighted by Gasteiger charge is -2.18. The number of amides is 1. The number of aliphatic imine (C=N–C) groups is 1. The Balaban J connectivity index is 1.80. The first-order valence-corrected chi connectivity index (χ1v) is 12.1. The predicted molar refractivity (Wildman–Crippen MR) is 137 cm³/mol. The summed E-state index contributed by atoms with van der Waals surface area (Å²) in [6.07, 6.45) is 1.05. The Morgan fingerprint density at radius 1 is 1.06 bits per heavy atom. The number of carbonyl (C=O) groups is 2. The molecule has 3 aromatic rings. The summed E-state index contributed by atoms with van der Waals surface area (Å²) in [7, 11) is 4.86. The molecule has 2 unspecified atom stereocenters. The number of fused-ring (bicyclic) bond motifs is 1. The Labute approximate surface area is 208 Å². The van der Waals surface area contributed by atoms with E-state index in [0.29, 0.717) is 22.8 Å². The van der Waals surface area contributed by atoms with Crippen LogP contribution in [0, 0.1) is 5.92 Å². The molecular formula is C27H28N2O5S. The van der Waals surface area contributed by atoms with Crippen LogP contribution >= 0.6 is 11.3 Å². The highest BCUT2D eigenvalue weighted by Gasteiger charge is 2.28. The number of hydrogen-bond acceptors (Lipinski definition) is 6. The Morgan fingerprint density at radius 2 is 1.71 bits per heavy atom. The van der Waals surface area contributed by atoms with Crippen molar-refractivity contribution in [2.24, 2.45) is 10.9 Å². The van der Waals surface area contributed by atoms with Crippen molar-refractivity contribution in [1.29, 1.82) is 0 Å². The first-order valence-electron chi connectivity index (χ1n) is 11.3. The van der Waals surface area contributed by atoms with Crippen molar-refractivity contribution in [3.05, 3.63) is 70.1 Å². The van der Waals surface area contributed by atoms with Crippen molar-refractivity contribution in [3.8, 4) is 21.9 Å². The summed E-state index contributed by atoms with van der Waals surface area (Å²) in [5.74, 6) is 0.440.